The average molecular weight is 384 g/mol. The number of hydrogen-bond acceptors (Lipinski definition) is 6. The van der Waals surface area contributed by atoms with Crippen LogP contribution in [0.1, 0.15) is 18.1 Å². The predicted molar refractivity (Wildman–Crippen MR) is 109 cm³/mol. The molecule has 0 aromatic heterocycles. The van der Waals surface area contributed by atoms with Gasteiger partial charge >= 0.3 is 0 Å². The van der Waals surface area contributed by atoms with Crippen molar-refractivity contribution in [2.75, 3.05) is 57.9 Å². The van der Waals surface area contributed by atoms with Crippen molar-refractivity contribution in [1.29, 1.82) is 0 Å². The Hall–Kier alpha value is -2.44. The zero-order chi connectivity index (χ0) is 19.3. The SMILES string of the molecule is COc1cccc(N2CCN(CC(O)c3ccc4c(c3)OCCCO4)CC2)c1. The van der Waals surface area contributed by atoms with Gasteiger partial charge < -0.3 is 24.2 Å². The first-order chi connectivity index (χ1) is 13.7. The normalized spacial score (nSPS) is 18.4. The highest BCUT2D eigenvalue weighted by Gasteiger charge is 2.21. The Balaban J connectivity index is 1.33. The van der Waals surface area contributed by atoms with E-state index in [0.717, 1.165) is 55.4 Å². The van der Waals surface area contributed by atoms with E-state index in [2.05, 4.69) is 21.9 Å². The molecule has 0 saturated carbocycles. The number of benzene rings is 2. The summed E-state index contributed by atoms with van der Waals surface area (Å²) >= 11 is 0. The second-order valence-corrected chi connectivity index (χ2v) is 7.26. The van der Waals surface area contributed by atoms with Gasteiger partial charge in [-0.3, -0.25) is 4.90 Å². The maximum absolute atomic E-state index is 10.7. The predicted octanol–water partition coefficient (Wildman–Crippen LogP) is 2.71. The zero-order valence-electron chi connectivity index (χ0n) is 16.3. The van der Waals surface area contributed by atoms with E-state index >= 15 is 0 Å². The van der Waals surface area contributed by atoms with Gasteiger partial charge in [0.05, 0.1) is 26.4 Å². The third kappa shape index (κ3) is 4.34. The lowest BCUT2D eigenvalue weighted by molar-refractivity contribution is 0.109. The molecule has 2 aromatic rings. The number of rotatable bonds is 5. The van der Waals surface area contributed by atoms with Gasteiger partial charge in [-0.2, -0.15) is 0 Å². The largest absolute Gasteiger partial charge is 0.497 e. The van der Waals surface area contributed by atoms with Gasteiger partial charge in [-0.1, -0.05) is 12.1 Å². The Morgan fingerprint density at radius 3 is 2.57 bits per heavy atom. The summed E-state index contributed by atoms with van der Waals surface area (Å²) in [5.41, 5.74) is 2.06. The molecule has 1 fully saturated rings. The smallest absolute Gasteiger partial charge is 0.161 e. The van der Waals surface area contributed by atoms with Gasteiger partial charge in [-0.25, -0.2) is 0 Å². The molecule has 4 rings (SSSR count). The molecule has 1 atom stereocenters. The number of anilines is 1. The van der Waals surface area contributed by atoms with Gasteiger partial charge in [0.2, 0.25) is 0 Å². The van der Waals surface area contributed by atoms with E-state index in [1.165, 1.54) is 5.69 Å². The highest BCUT2D eigenvalue weighted by Crippen LogP contribution is 2.32. The van der Waals surface area contributed by atoms with E-state index in [9.17, 15) is 5.11 Å². The van der Waals surface area contributed by atoms with Crippen molar-refractivity contribution in [2.45, 2.75) is 12.5 Å². The third-order valence-corrected chi connectivity index (χ3v) is 5.38. The number of fused-ring (bicyclic) bond motifs is 1. The fourth-order valence-electron chi connectivity index (χ4n) is 3.73. The van der Waals surface area contributed by atoms with Crippen LogP contribution in [0, 0.1) is 0 Å². The quantitative estimate of drug-likeness (QED) is 0.856. The molecule has 28 heavy (non-hydrogen) atoms. The van der Waals surface area contributed by atoms with E-state index in [0.29, 0.717) is 19.8 Å². The molecular weight excluding hydrogens is 356 g/mol. The van der Waals surface area contributed by atoms with Crippen LogP contribution in [0.15, 0.2) is 42.5 Å². The lowest BCUT2D eigenvalue weighted by Crippen LogP contribution is -2.47. The zero-order valence-corrected chi connectivity index (χ0v) is 16.3. The fourth-order valence-corrected chi connectivity index (χ4v) is 3.73. The maximum atomic E-state index is 10.7. The van der Waals surface area contributed by atoms with Crippen LogP contribution in [0.25, 0.3) is 0 Å². The summed E-state index contributed by atoms with van der Waals surface area (Å²) in [7, 11) is 1.69. The topological polar surface area (TPSA) is 54.4 Å². The van der Waals surface area contributed by atoms with Crippen LogP contribution in [0.5, 0.6) is 17.2 Å². The van der Waals surface area contributed by atoms with E-state index in [1.807, 2.05) is 30.3 Å². The number of β-amino-alcohol motifs (C(OH)–C–C–N with tert-alkyl or cyclic N) is 1. The molecule has 6 nitrogen and oxygen atoms in total. The molecule has 150 valence electrons. The van der Waals surface area contributed by atoms with Crippen molar-refractivity contribution in [3.8, 4) is 17.2 Å². The second kappa shape index (κ2) is 8.71. The van der Waals surface area contributed by atoms with Crippen molar-refractivity contribution in [1.82, 2.24) is 4.90 Å². The van der Waals surface area contributed by atoms with Gasteiger partial charge in [0.1, 0.15) is 5.75 Å². The molecule has 1 unspecified atom stereocenters. The molecule has 1 N–H and O–H groups in total. The molecule has 2 heterocycles. The Bertz CT molecular complexity index is 790. The highest BCUT2D eigenvalue weighted by molar-refractivity contribution is 5.51. The fraction of sp³-hybridized carbons (Fsp3) is 0.455. The summed E-state index contributed by atoms with van der Waals surface area (Å²) < 4.78 is 16.7. The molecule has 1 saturated heterocycles. The average Bonchev–Trinajstić information content (AvgIpc) is 2.99. The first kappa shape index (κ1) is 18.9. The minimum absolute atomic E-state index is 0.541. The van der Waals surface area contributed by atoms with E-state index in [1.54, 1.807) is 7.11 Å². The van der Waals surface area contributed by atoms with Crippen LogP contribution in [0.2, 0.25) is 0 Å². The molecule has 0 radical (unpaired) electrons. The number of ether oxygens (including phenoxy) is 3. The van der Waals surface area contributed by atoms with Crippen LogP contribution in [-0.4, -0.2) is 63.1 Å². The minimum atomic E-state index is -0.541. The van der Waals surface area contributed by atoms with Crippen molar-refractivity contribution in [3.63, 3.8) is 0 Å². The third-order valence-electron chi connectivity index (χ3n) is 5.38. The molecule has 0 amide bonds. The van der Waals surface area contributed by atoms with Crippen molar-refractivity contribution in [3.05, 3.63) is 48.0 Å². The van der Waals surface area contributed by atoms with Crippen LogP contribution in [-0.2, 0) is 0 Å². The number of piperazine rings is 1. The van der Waals surface area contributed by atoms with Crippen molar-refractivity contribution >= 4 is 5.69 Å². The highest BCUT2D eigenvalue weighted by atomic mass is 16.5. The Labute approximate surface area is 166 Å². The molecule has 0 spiro atoms. The minimum Gasteiger partial charge on any atom is -0.497 e. The molecule has 0 bridgehead atoms. The Morgan fingerprint density at radius 2 is 1.79 bits per heavy atom. The second-order valence-electron chi connectivity index (χ2n) is 7.26. The number of aliphatic hydroxyl groups is 1. The summed E-state index contributed by atoms with van der Waals surface area (Å²) in [6.45, 7) is 5.64. The molecule has 2 aliphatic rings. The van der Waals surface area contributed by atoms with Crippen LogP contribution in [0.3, 0.4) is 0 Å². The number of hydrogen-bond donors (Lipinski definition) is 1. The van der Waals surface area contributed by atoms with E-state index in [-0.39, 0.29) is 0 Å². The standard InChI is InChI=1S/C22H28N2O4/c1-26-19-5-2-4-18(15-19)24-10-8-23(9-11-24)16-20(25)17-6-7-21-22(14-17)28-13-3-12-27-21/h2,4-7,14-15,20,25H,3,8-13,16H2,1H3. The molecule has 2 aromatic carbocycles. The summed E-state index contributed by atoms with van der Waals surface area (Å²) in [6, 6.07) is 13.9. The van der Waals surface area contributed by atoms with E-state index in [4.69, 9.17) is 14.2 Å². The summed E-state index contributed by atoms with van der Waals surface area (Å²) in [6.07, 6.45) is 0.338. The lowest BCUT2D eigenvalue weighted by atomic mass is 10.1. The first-order valence-electron chi connectivity index (χ1n) is 9.92. The Morgan fingerprint density at radius 1 is 1.00 bits per heavy atom. The lowest BCUT2D eigenvalue weighted by Gasteiger charge is -2.37. The summed E-state index contributed by atoms with van der Waals surface area (Å²) in [4.78, 5) is 4.67. The first-order valence-corrected chi connectivity index (χ1v) is 9.92. The maximum Gasteiger partial charge on any atom is 0.161 e. The van der Waals surface area contributed by atoms with Gasteiger partial charge in [0.15, 0.2) is 11.5 Å². The molecule has 0 aliphatic carbocycles. The van der Waals surface area contributed by atoms with Gasteiger partial charge in [0.25, 0.3) is 0 Å². The van der Waals surface area contributed by atoms with Crippen LogP contribution < -0.4 is 19.1 Å². The van der Waals surface area contributed by atoms with E-state index < -0.39 is 6.10 Å². The summed E-state index contributed by atoms with van der Waals surface area (Å²) in [5, 5.41) is 10.7. The molecule has 6 heteroatoms. The van der Waals surface area contributed by atoms with Crippen LogP contribution >= 0.6 is 0 Å². The Kier molecular flexibility index (Phi) is 5.88. The number of methoxy groups -OCH3 is 1. The van der Waals surface area contributed by atoms with Crippen molar-refractivity contribution in [2.24, 2.45) is 0 Å². The van der Waals surface area contributed by atoms with Crippen molar-refractivity contribution < 1.29 is 19.3 Å². The molecule has 2 aliphatic heterocycles. The van der Waals surface area contributed by atoms with Gasteiger partial charge in [-0.05, 0) is 29.8 Å². The van der Waals surface area contributed by atoms with Gasteiger partial charge in [0, 0.05) is 50.9 Å². The van der Waals surface area contributed by atoms with Gasteiger partial charge in [-0.15, -0.1) is 0 Å². The van der Waals surface area contributed by atoms with Crippen LogP contribution in [0.4, 0.5) is 5.69 Å². The summed E-state index contributed by atoms with van der Waals surface area (Å²) in [5.74, 6) is 2.38. The number of aliphatic hydroxyl groups excluding tert-OH is 1. The monoisotopic (exact) mass is 384 g/mol. The number of nitrogens with zero attached hydrogens (tertiary/aromatic N) is 2. The molecular formula is C22H28N2O4.